The molecule has 3 heteroatoms. The second kappa shape index (κ2) is 4.65. The summed E-state index contributed by atoms with van der Waals surface area (Å²) in [4.78, 5) is 9.36. The van der Waals surface area contributed by atoms with Gasteiger partial charge in [-0.2, -0.15) is 0 Å². The monoisotopic (exact) mass is 295 g/mol. The molecule has 0 bridgehead atoms. The maximum absolute atomic E-state index is 4.74. The Labute approximate surface area is 132 Å². The van der Waals surface area contributed by atoms with Gasteiger partial charge in [0.05, 0.1) is 16.7 Å². The summed E-state index contributed by atoms with van der Waals surface area (Å²) < 4.78 is 2.03. The van der Waals surface area contributed by atoms with Gasteiger partial charge in [-0.25, -0.2) is 9.97 Å². The van der Waals surface area contributed by atoms with Crippen molar-refractivity contribution in [1.29, 1.82) is 0 Å². The summed E-state index contributed by atoms with van der Waals surface area (Å²) in [6.45, 7) is 0. The second-order valence-corrected chi connectivity index (χ2v) is 5.65. The van der Waals surface area contributed by atoms with E-state index in [4.69, 9.17) is 4.98 Å². The molecule has 0 N–H and O–H groups in total. The van der Waals surface area contributed by atoms with Gasteiger partial charge >= 0.3 is 0 Å². The van der Waals surface area contributed by atoms with Crippen LogP contribution in [0.25, 0.3) is 38.8 Å². The molecule has 108 valence electrons. The smallest absolute Gasteiger partial charge is 0.235 e. The lowest BCUT2D eigenvalue weighted by molar-refractivity contribution is 1.14. The first-order valence-corrected chi connectivity index (χ1v) is 7.61. The number of nitrogens with zero attached hydrogens (tertiary/aromatic N) is 3. The van der Waals surface area contributed by atoms with Crippen LogP contribution in [0.1, 0.15) is 0 Å². The first kappa shape index (κ1) is 12.4. The maximum Gasteiger partial charge on any atom is 0.235 e. The lowest BCUT2D eigenvalue weighted by Crippen LogP contribution is -1.91. The molecule has 3 nitrogen and oxygen atoms in total. The summed E-state index contributed by atoms with van der Waals surface area (Å²) in [5.74, 6) is 0.733. The molecule has 0 amide bonds. The van der Waals surface area contributed by atoms with E-state index in [9.17, 15) is 0 Å². The van der Waals surface area contributed by atoms with E-state index in [-0.39, 0.29) is 0 Å². The van der Waals surface area contributed by atoms with Crippen LogP contribution in [0.15, 0.2) is 79.0 Å². The van der Waals surface area contributed by atoms with Crippen LogP contribution in [-0.4, -0.2) is 14.4 Å². The average molecular weight is 295 g/mol. The van der Waals surface area contributed by atoms with E-state index >= 15 is 0 Å². The number of hydrogen-bond acceptors (Lipinski definition) is 2. The molecule has 2 aromatic heterocycles. The highest BCUT2D eigenvalue weighted by Gasteiger charge is 2.07. The van der Waals surface area contributed by atoms with E-state index in [0.29, 0.717) is 0 Å². The quantitative estimate of drug-likeness (QED) is 0.448. The number of para-hydroxylation sites is 2. The summed E-state index contributed by atoms with van der Waals surface area (Å²) in [5, 5.41) is 2.46. The first-order chi connectivity index (χ1) is 11.4. The maximum atomic E-state index is 4.74. The summed E-state index contributed by atoms with van der Waals surface area (Å²) in [7, 11) is 0. The SMILES string of the molecule is c1ccc2cc(-c3ccn4c(n3)nc3ccccc34)ccc2c1. The van der Waals surface area contributed by atoms with Gasteiger partial charge in [-0.05, 0) is 35.0 Å². The van der Waals surface area contributed by atoms with Gasteiger partial charge in [-0.15, -0.1) is 0 Å². The minimum absolute atomic E-state index is 0.733. The molecule has 0 fully saturated rings. The number of hydrogen-bond donors (Lipinski definition) is 0. The Balaban J connectivity index is 1.73. The summed E-state index contributed by atoms with van der Waals surface area (Å²) in [5.41, 5.74) is 4.10. The molecular weight excluding hydrogens is 282 g/mol. The van der Waals surface area contributed by atoms with E-state index in [1.807, 2.05) is 34.9 Å². The standard InChI is InChI=1S/C20H13N3/c1-2-6-15-13-16(10-9-14(15)5-1)17-11-12-23-19-8-4-3-7-18(19)22-20(23)21-17/h1-13H. The molecule has 3 aromatic carbocycles. The highest BCUT2D eigenvalue weighted by Crippen LogP contribution is 2.24. The molecule has 0 atom stereocenters. The second-order valence-electron chi connectivity index (χ2n) is 5.65. The van der Waals surface area contributed by atoms with Gasteiger partial charge in [-0.1, -0.05) is 48.5 Å². The third-order valence-electron chi connectivity index (χ3n) is 4.22. The van der Waals surface area contributed by atoms with Crippen LogP contribution in [0.5, 0.6) is 0 Å². The molecule has 5 rings (SSSR count). The molecule has 0 saturated carbocycles. The highest BCUT2D eigenvalue weighted by molar-refractivity contribution is 5.87. The Morgan fingerprint density at radius 1 is 0.696 bits per heavy atom. The van der Waals surface area contributed by atoms with Gasteiger partial charge in [-0.3, -0.25) is 4.40 Å². The van der Waals surface area contributed by atoms with Crippen molar-refractivity contribution in [3.8, 4) is 11.3 Å². The number of aromatic nitrogens is 3. The van der Waals surface area contributed by atoms with Crippen molar-refractivity contribution in [3.05, 3.63) is 79.0 Å². The topological polar surface area (TPSA) is 30.2 Å². The van der Waals surface area contributed by atoms with Crippen LogP contribution in [0.4, 0.5) is 0 Å². The van der Waals surface area contributed by atoms with E-state index in [2.05, 4.69) is 53.5 Å². The fraction of sp³-hybridized carbons (Fsp3) is 0. The van der Waals surface area contributed by atoms with E-state index in [1.54, 1.807) is 0 Å². The van der Waals surface area contributed by atoms with E-state index in [1.165, 1.54) is 10.8 Å². The predicted octanol–water partition coefficient (Wildman–Crippen LogP) is 4.70. The lowest BCUT2D eigenvalue weighted by atomic mass is 10.1. The lowest BCUT2D eigenvalue weighted by Gasteiger charge is -2.04. The van der Waals surface area contributed by atoms with Gasteiger partial charge in [0.2, 0.25) is 5.78 Å². The molecule has 23 heavy (non-hydrogen) atoms. The highest BCUT2D eigenvalue weighted by atomic mass is 15.1. The number of fused-ring (bicyclic) bond motifs is 4. The van der Waals surface area contributed by atoms with E-state index in [0.717, 1.165) is 28.1 Å². The summed E-state index contributed by atoms with van der Waals surface area (Å²) >= 11 is 0. The molecule has 0 saturated heterocycles. The van der Waals surface area contributed by atoms with Crippen molar-refractivity contribution >= 4 is 27.6 Å². The molecule has 0 unspecified atom stereocenters. The third kappa shape index (κ3) is 1.90. The van der Waals surface area contributed by atoms with Crippen molar-refractivity contribution in [2.75, 3.05) is 0 Å². The zero-order valence-electron chi connectivity index (χ0n) is 12.3. The Kier molecular flexibility index (Phi) is 2.50. The van der Waals surface area contributed by atoms with E-state index < -0.39 is 0 Å². The number of rotatable bonds is 1. The van der Waals surface area contributed by atoms with Crippen LogP contribution in [0.2, 0.25) is 0 Å². The van der Waals surface area contributed by atoms with Crippen molar-refractivity contribution in [3.63, 3.8) is 0 Å². The Bertz CT molecular complexity index is 1170. The molecular formula is C20H13N3. The molecule has 0 aliphatic carbocycles. The molecule has 5 aromatic rings. The number of imidazole rings is 1. The van der Waals surface area contributed by atoms with Crippen molar-refractivity contribution in [2.45, 2.75) is 0 Å². The third-order valence-corrected chi connectivity index (χ3v) is 4.22. The fourth-order valence-corrected chi connectivity index (χ4v) is 3.06. The minimum Gasteiger partial charge on any atom is -0.284 e. The van der Waals surface area contributed by atoms with Crippen LogP contribution >= 0.6 is 0 Å². The normalized spacial score (nSPS) is 11.5. The van der Waals surface area contributed by atoms with Crippen LogP contribution in [0, 0.1) is 0 Å². The van der Waals surface area contributed by atoms with Gasteiger partial charge < -0.3 is 0 Å². The van der Waals surface area contributed by atoms with Gasteiger partial charge in [0.1, 0.15) is 0 Å². The molecule has 0 spiro atoms. The number of benzene rings is 3. The molecule has 0 radical (unpaired) electrons. The largest absolute Gasteiger partial charge is 0.284 e. The van der Waals surface area contributed by atoms with Crippen molar-refractivity contribution in [2.24, 2.45) is 0 Å². The van der Waals surface area contributed by atoms with Crippen LogP contribution < -0.4 is 0 Å². The first-order valence-electron chi connectivity index (χ1n) is 7.61. The zero-order chi connectivity index (χ0) is 15.2. The summed E-state index contributed by atoms with van der Waals surface area (Å²) in [6, 6.07) is 24.9. The molecule has 2 heterocycles. The Hall–Kier alpha value is -3.20. The minimum atomic E-state index is 0.733. The average Bonchev–Trinajstić information content (AvgIpc) is 2.99. The predicted molar refractivity (Wildman–Crippen MR) is 93.4 cm³/mol. The van der Waals surface area contributed by atoms with Gasteiger partial charge in [0.15, 0.2) is 0 Å². The van der Waals surface area contributed by atoms with Crippen LogP contribution in [0.3, 0.4) is 0 Å². The Morgan fingerprint density at radius 3 is 2.48 bits per heavy atom. The molecule has 0 aliphatic rings. The van der Waals surface area contributed by atoms with Crippen molar-refractivity contribution in [1.82, 2.24) is 14.4 Å². The van der Waals surface area contributed by atoms with Crippen molar-refractivity contribution < 1.29 is 0 Å². The summed E-state index contributed by atoms with van der Waals surface area (Å²) in [6.07, 6.45) is 2.04. The zero-order valence-corrected chi connectivity index (χ0v) is 12.3. The fourth-order valence-electron chi connectivity index (χ4n) is 3.06. The van der Waals surface area contributed by atoms with Gasteiger partial charge in [0, 0.05) is 11.8 Å². The van der Waals surface area contributed by atoms with Gasteiger partial charge in [0.25, 0.3) is 0 Å². The van der Waals surface area contributed by atoms with Crippen LogP contribution in [-0.2, 0) is 0 Å². The molecule has 0 aliphatic heterocycles. The Morgan fingerprint density at radius 2 is 1.52 bits per heavy atom.